The Morgan fingerprint density at radius 1 is 1.53 bits per heavy atom. The van der Waals surface area contributed by atoms with Crippen LogP contribution in [0.2, 0.25) is 0 Å². The van der Waals surface area contributed by atoms with Gasteiger partial charge in [0.1, 0.15) is 0 Å². The van der Waals surface area contributed by atoms with Gasteiger partial charge in [-0.15, -0.1) is 11.3 Å². The number of sulfone groups is 1. The van der Waals surface area contributed by atoms with Crippen LogP contribution in [-0.4, -0.2) is 26.5 Å². The maximum absolute atomic E-state index is 11.6. The molecule has 0 amide bonds. The number of thiophene rings is 1. The lowest BCUT2D eigenvalue weighted by Gasteiger charge is -2.21. The van der Waals surface area contributed by atoms with Gasteiger partial charge in [0.25, 0.3) is 0 Å². The van der Waals surface area contributed by atoms with E-state index in [1.54, 1.807) is 11.3 Å². The van der Waals surface area contributed by atoms with Gasteiger partial charge in [0.2, 0.25) is 0 Å². The summed E-state index contributed by atoms with van der Waals surface area (Å²) in [4.78, 5) is 1.37. The lowest BCUT2D eigenvalue weighted by Crippen LogP contribution is -2.24. The molecule has 1 aromatic heterocycles. The van der Waals surface area contributed by atoms with Crippen LogP contribution in [0.25, 0.3) is 0 Å². The molecular formula is C14H23NO2S2. The van der Waals surface area contributed by atoms with Crippen molar-refractivity contribution in [1.29, 1.82) is 0 Å². The molecule has 1 aliphatic heterocycles. The van der Waals surface area contributed by atoms with Gasteiger partial charge in [-0.2, -0.15) is 0 Å². The van der Waals surface area contributed by atoms with Gasteiger partial charge in [-0.05, 0) is 55.7 Å². The zero-order valence-electron chi connectivity index (χ0n) is 11.7. The Morgan fingerprint density at radius 3 is 2.84 bits per heavy atom. The Hall–Kier alpha value is -0.390. The van der Waals surface area contributed by atoms with E-state index in [2.05, 4.69) is 30.6 Å². The molecule has 2 rings (SSSR count). The van der Waals surface area contributed by atoms with Gasteiger partial charge >= 0.3 is 0 Å². The first kappa shape index (κ1) is 15.0. The molecule has 1 saturated heterocycles. The normalized spacial score (nSPS) is 23.6. The van der Waals surface area contributed by atoms with Crippen LogP contribution in [0.3, 0.4) is 0 Å². The first-order chi connectivity index (χ1) is 9.02. The van der Waals surface area contributed by atoms with Crippen molar-refractivity contribution in [1.82, 2.24) is 5.32 Å². The molecule has 3 nitrogen and oxygen atoms in total. The Morgan fingerprint density at radius 2 is 2.32 bits per heavy atom. The molecule has 108 valence electrons. The van der Waals surface area contributed by atoms with Crippen LogP contribution in [-0.2, 0) is 9.84 Å². The van der Waals surface area contributed by atoms with Crippen LogP contribution >= 0.6 is 11.3 Å². The maximum Gasteiger partial charge on any atom is 0.150 e. The van der Waals surface area contributed by atoms with E-state index in [4.69, 9.17) is 0 Å². The minimum atomic E-state index is -2.76. The predicted octanol–water partition coefficient (Wildman–Crippen LogP) is 2.92. The van der Waals surface area contributed by atoms with Gasteiger partial charge in [0.15, 0.2) is 9.84 Å². The van der Waals surface area contributed by atoms with E-state index in [9.17, 15) is 8.42 Å². The fourth-order valence-corrected chi connectivity index (χ4v) is 5.63. The van der Waals surface area contributed by atoms with Crippen LogP contribution in [0.15, 0.2) is 11.4 Å². The maximum atomic E-state index is 11.6. The zero-order valence-corrected chi connectivity index (χ0v) is 13.3. The minimum absolute atomic E-state index is 0.318. The summed E-state index contributed by atoms with van der Waals surface area (Å²) in [6.07, 6.45) is 2.88. The first-order valence-corrected chi connectivity index (χ1v) is 9.69. The quantitative estimate of drug-likeness (QED) is 0.879. The second-order valence-electron chi connectivity index (χ2n) is 5.48. The monoisotopic (exact) mass is 301 g/mol. The zero-order chi connectivity index (χ0) is 13.9. The van der Waals surface area contributed by atoms with Crippen molar-refractivity contribution in [3.05, 3.63) is 21.9 Å². The molecule has 0 spiro atoms. The largest absolute Gasteiger partial charge is 0.309 e. The highest BCUT2D eigenvalue weighted by atomic mass is 32.2. The minimum Gasteiger partial charge on any atom is -0.309 e. The Kier molecular flexibility index (Phi) is 5.03. The first-order valence-electron chi connectivity index (χ1n) is 6.99. The Bertz CT molecular complexity index is 507. The molecule has 5 heteroatoms. The fraction of sp³-hybridized carbons (Fsp3) is 0.714. The van der Waals surface area contributed by atoms with E-state index in [1.165, 1.54) is 10.4 Å². The molecule has 0 aliphatic carbocycles. The predicted molar refractivity (Wildman–Crippen MR) is 81.5 cm³/mol. The third kappa shape index (κ3) is 4.04. The topological polar surface area (TPSA) is 46.2 Å². The SMILES string of the molecule is CCCNC(CC1CCS(=O)(=O)C1)c1sccc1C. The molecule has 2 unspecified atom stereocenters. The highest BCUT2D eigenvalue weighted by molar-refractivity contribution is 7.91. The second kappa shape index (κ2) is 6.37. The smallest absolute Gasteiger partial charge is 0.150 e. The van der Waals surface area contributed by atoms with E-state index in [1.807, 2.05) is 0 Å². The second-order valence-corrected chi connectivity index (χ2v) is 8.66. The van der Waals surface area contributed by atoms with E-state index in [0.29, 0.717) is 23.5 Å². The van der Waals surface area contributed by atoms with Gasteiger partial charge in [0.05, 0.1) is 11.5 Å². The lowest BCUT2D eigenvalue weighted by atomic mass is 9.97. The number of nitrogens with one attached hydrogen (secondary N) is 1. The van der Waals surface area contributed by atoms with Crippen LogP contribution in [0.4, 0.5) is 0 Å². The molecule has 19 heavy (non-hydrogen) atoms. The summed E-state index contributed by atoms with van der Waals surface area (Å²) in [7, 11) is -2.76. The molecule has 1 aliphatic rings. The summed E-state index contributed by atoms with van der Waals surface area (Å²) in [5.74, 6) is 1.07. The number of rotatable bonds is 6. The molecule has 2 heterocycles. The summed E-state index contributed by atoms with van der Waals surface area (Å²) in [6, 6.07) is 2.46. The lowest BCUT2D eigenvalue weighted by molar-refractivity contribution is 0.418. The summed E-state index contributed by atoms with van der Waals surface area (Å²) >= 11 is 1.78. The number of aryl methyl sites for hydroxylation is 1. The summed E-state index contributed by atoms with van der Waals surface area (Å²) in [6.45, 7) is 5.28. The van der Waals surface area contributed by atoms with Crippen LogP contribution in [0.1, 0.15) is 42.7 Å². The number of hydrogen-bond donors (Lipinski definition) is 1. The van der Waals surface area contributed by atoms with Crippen molar-refractivity contribution >= 4 is 21.2 Å². The van der Waals surface area contributed by atoms with Crippen LogP contribution in [0.5, 0.6) is 0 Å². The Balaban J connectivity index is 2.05. The van der Waals surface area contributed by atoms with E-state index in [0.717, 1.165) is 25.8 Å². The molecule has 2 atom stereocenters. The molecule has 0 radical (unpaired) electrons. The standard InChI is InChI=1S/C14H23NO2S2/c1-3-6-15-13(14-11(2)4-7-18-14)9-12-5-8-19(16,17)10-12/h4,7,12-13,15H,3,5-6,8-10H2,1-2H3. The van der Waals surface area contributed by atoms with E-state index < -0.39 is 9.84 Å². The average Bonchev–Trinajstić information content (AvgIpc) is 2.91. The summed E-state index contributed by atoms with van der Waals surface area (Å²) < 4.78 is 23.1. The molecule has 0 bridgehead atoms. The number of hydrogen-bond acceptors (Lipinski definition) is 4. The van der Waals surface area contributed by atoms with Crippen LogP contribution < -0.4 is 5.32 Å². The van der Waals surface area contributed by atoms with Crippen molar-refractivity contribution in [2.45, 2.75) is 39.2 Å². The van der Waals surface area contributed by atoms with Crippen molar-refractivity contribution in [3.8, 4) is 0 Å². The van der Waals surface area contributed by atoms with Gasteiger partial charge in [-0.25, -0.2) is 8.42 Å². The van der Waals surface area contributed by atoms with Crippen molar-refractivity contribution in [2.75, 3.05) is 18.1 Å². The summed E-state index contributed by atoms with van der Waals surface area (Å²) in [5.41, 5.74) is 1.32. The van der Waals surface area contributed by atoms with Gasteiger partial charge in [-0.1, -0.05) is 6.92 Å². The fourth-order valence-electron chi connectivity index (χ4n) is 2.73. The van der Waals surface area contributed by atoms with Gasteiger partial charge in [-0.3, -0.25) is 0 Å². The average molecular weight is 301 g/mol. The van der Waals surface area contributed by atoms with E-state index in [-0.39, 0.29) is 0 Å². The highest BCUT2D eigenvalue weighted by Crippen LogP contribution is 2.32. The van der Waals surface area contributed by atoms with Gasteiger partial charge < -0.3 is 5.32 Å². The Labute approximate surface area is 120 Å². The molecule has 0 aromatic carbocycles. The van der Waals surface area contributed by atoms with Crippen molar-refractivity contribution in [3.63, 3.8) is 0 Å². The molecule has 1 fully saturated rings. The third-order valence-electron chi connectivity index (χ3n) is 3.75. The highest BCUT2D eigenvalue weighted by Gasteiger charge is 2.30. The molecular weight excluding hydrogens is 278 g/mol. The van der Waals surface area contributed by atoms with Crippen LogP contribution in [0, 0.1) is 12.8 Å². The molecule has 1 aromatic rings. The molecule has 1 N–H and O–H groups in total. The van der Waals surface area contributed by atoms with Crippen molar-refractivity contribution in [2.24, 2.45) is 5.92 Å². The van der Waals surface area contributed by atoms with Crippen molar-refractivity contribution < 1.29 is 8.42 Å². The van der Waals surface area contributed by atoms with Gasteiger partial charge in [0, 0.05) is 10.9 Å². The summed E-state index contributed by atoms with van der Waals surface area (Å²) in [5, 5.41) is 5.70. The van der Waals surface area contributed by atoms with E-state index >= 15 is 0 Å². The molecule has 0 saturated carbocycles. The third-order valence-corrected chi connectivity index (χ3v) is 6.72.